The molecule has 2 rings (SSSR count). The van der Waals surface area contributed by atoms with Gasteiger partial charge in [-0.1, -0.05) is 6.08 Å². The molecule has 0 radical (unpaired) electrons. The lowest BCUT2D eigenvalue weighted by Crippen LogP contribution is -2.48. The lowest BCUT2D eigenvalue weighted by Gasteiger charge is -2.38. The van der Waals surface area contributed by atoms with E-state index in [2.05, 4.69) is 0 Å². The molecule has 0 aliphatic carbocycles. The van der Waals surface area contributed by atoms with Gasteiger partial charge in [-0.05, 0) is 20.8 Å². The second-order valence-corrected chi connectivity index (χ2v) is 4.98. The monoisotopic (exact) mass is 242 g/mol. The summed E-state index contributed by atoms with van der Waals surface area (Å²) >= 11 is 0. The first kappa shape index (κ1) is 12.5. The Hall–Kier alpha value is -0.910. The van der Waals surface area contributed by atoms with Crippen molar-refractivity contribution in [3.05, 3.63) is 11.6 Å². The molecular formula is C12H18O5. The van der Waals surface area contributed by atoms with Crippen molar-refractivity contribution < 1.29 is 24.1 Å². The normalized spacial score (nSPS) is 36.6. The zero-order chi connectivity index (χ0) is 12.6. The van der Waals surface area contributed by atoms with Crippen LogP contribution in [0.3, 0.4) is 0 Å². The standard InChI is InChI=1S/C12H18O5/c1-7(11(13)14)4-8-5-15-9-6-16-12(2,3)17-10(8)9/h4,8-10H,5-6H2,1-3H3,(H,13,14)/b7-4+. The third kappa shape index (κ3) is 2.68. The van der Waals surface area contributed by atoms with Crippen LogP contribution in [0.25, 0.3) is 0 Å². The first-order valence-corrected chi connectivity index (χ1v) is 5.74. The van der Waals surface area contributed by atoms with Crippen molar-refractivity contribution in [2.24, 2.45) is 5.92 Å². The largest absolute Gasteiger partial charge is 0.478 e. The van der Waals surface area contributed by atoms with E-state index in [1.807, 2.05) is 13.8 Å². The topological polar surface area (TPSA) is 65.0 Å². The van der Waals surface area contributed by atoms with E-state index in [1.165, 1.54) is 0 Å². The van der Waals surface area contributed by atoms with Crippen LogP contribution in [0.4, 0.5) is 0 Å². The van der Waals surface area contributed by atoms with Crippen LogP contribution >= 0.6 is 0 Å². The fraction of sp³-hybridized carbons (Fsp3) is 0.750. The number of rotatable bonds is 2. The van der Waals surface area contributed by atoms with Crippen molar-refractivity contribution in [3.63, 3.8) is 0 Å². The van der Waals surface area contributed by atoms with Crippen LogP contribution in [0.2, 0.25) is 0 Å². The Labute approximate surface area is 100 Å². The summed E-state index contributed by atoms with van der Waals surface area (Å²) in [5.41, 5.74) is 0.326. The van der Waals surface area contributed by atoms with Crippen molar-refractivity contribution in [1.82, 2.24) is 0 Å². The SMILES string of the molecule is C/C(=C\C1COC2COC(C)(C)OC12)C(=O)O. The third-order valence-electron chi connectivity index (χ3n) is 3.11. The van der Waals surface area contributed by atoms with E-state index in [4.69, 9.17) is 19.3 Å². The number of ether oxygens (including phenoxy) is 3. The molecule has 3 atom stereocenters. The molecule has 5 heteroatoms. The summed E-state index contributed by atoms with van der Waals surface area (Å²) in [7, 11) is 0. The zero-order valence-corrected chi connectivity index (χ0v) is 10.3. The molecule has 17 heavy (non-hydrogen) atoms. The molecule has 3 unspecified atom stereocenters. The van der Waals surface area contributed by atoms with Crippen molar-refractivity contribution in [2.75, 3.05) is 13.2 Å². The van der Waals surface area contributed by atoms with E-state index in [0.29, 0.717) is 18.8 Å². The van der Waals surface area contributed by atoms with Crippen LogP contribution in [0.1, 0.15) is 20.8 Å². The summed E-state index contributed by atoms with van der Waals surface area (Å²) in [5, 5.41) is 8.87. The minimum atomic E-state index is -0.903. The highest BCUT2D eigenvalue weighted by Crippen LogP contribution is 2.34. The van der Waals surface area contributed by atoms with E-state index in [9.17, 15) is 4.79 Å². The molecule has 2 fully saturated rings. The first-order chi connectivity index (χ1) is 7.89. The predicted molar refractivity (Wildman–Crippen MR) is 59.5 cm³/mol. The Bertz CT molecular complexity index is 347. The van der Waals surface area contributed by atoms with Crippen molar-refractivity contribution >= 4 is 5.97 Å². The molecule has 1 N–H and O–H groups in total. The molecule has 0 saturated carbocycles. The quantitative estimate of drug-likeness (QED) is 0.737. The number of carboxylic acid groups (broad SMARTS) is 1. The van der Waals surface area contributed by atoms with Crippen LogP contribution in [0.5, 0.6) is 0 Å². The maximum Gasteiger partial charge on any atom is 0.330 e. The third-order valence-corrected chi connectivity index (χ3v) is 3.11. The van der Waals surface area contributed by atoms with Gasteiger partial charge in [0.2, 0.25) is 0 Å². The Morgan fingerprint density at radius 1 is 1.41 bits per heavy atom. The molecule has 0 aromatic carbocycles. The van der Waals surface area contributed by atoms with Crippen LogP contribution in [-0.2, 0) is 19.0 Å². The smallest absolute Gasteiger partial charge is 0.330 e. The van der Waals surface area contributed by atoms with E-state index in [0.717, 1.165) is 0 Å². The van der Waals surface area contributed by atoms with Crippen molar-refractivity contribution in [3.8, 4) is 0 Å². The molecule has 0 aromatic heterocycles. The van der Waals surface area contributed by atoms with Gasteiger partial charge in [-0.25, -0.2) is 4.79 Å². The fourth-order valence-corrected chi connectivity index (χ4v) is 2.19. The maximum absolute atomic E-state index is 10.8. The molecule has 2 aliphatic rings. The van der Waals surface area contributed by atoms with Gasteiger partial charge in [0.1, 0.15) is 6.10 Å². The summed E-state index contributed by atoms with van der Waals surface area (Å²) in [6, 6.07) is 0. The first-order valence-electron chi connectivity index (χ1n) is 5.74. The van der Waals surface area contributed by atoms with Crippen molar-refractivity contribution in [1.29, 1.82) is 0 Å². The molecule has 0 spiro atoms. The molecule has 96 valence electrons. The summed E-state index contributed by atoms with van der Waals surface area (Å²) in [4.78, 5) is 10.8. The predicted octanol–water partition coefficient (Wildman–Crippen LogP) is 1.18. The lowest BCUT2D eigenvalue weighted by atomic mass is 9.98. The Kier molecular flexibility index (Phi) is 3.25. The van der Waals surface area contributed by atoms with Gasteiger partial charge >= 0.3 is 5.97 Å². The molecule has 2 heterocycles. The summed E-state index contributed by atoms with van der Waals surface area (Å²) in [5.74, 6) is -1.54. The molecule has 5 nitrogen and oxygen atoms in total. The fourth-order valence-electron chi connectivity index (χ4n) is 2.19. The number of carboxylic acids is 1. The van der Waals surface area contributed by atoms with E-state index in [-0.39, 0.29) is 18.1 Å². The average Bonchev–Trinajstić information content (AvgIpc) is 2.59. The molecular weight excluding hydrogens is 224 g/mol. The minimum absolute atomic E-state index is 0.0146. The van der Waals surface area contributed by atoms with Gasteiger partial charge in [0.05, 0.1) is 19.3 Å². The van der Waals surface area contributed by atoms with Gasteiger partial charge in [0.25, 0.3) is 0 Å². The summed E-state index contributed by atoms with van der Waals surface area (Å²) < 4.78 is 16.9. The zero-order valence-electron chi connectivity index (χ0n) is 10.3. The van der Waals surface area contributed by atoms with E-state index in [1.54, 1.807) is 13.0 Å². The number of carbonyl (C=O) groups is 1. The maximum atomic E-state index is 10.8. The Morgan fingerprint density at radius 2 is 2.12 bits per heavy atom. The number of hydrogen-bond acceptors (Lipinski definition) is 4. The van der Waals surface area contributed by atoms with Gasteiger partial charge in [0, 0.05) is 11.5 Å². The molecule has 2 aliphatic heterocycles. The number of hydrogen-bond donors (Lipinski definition) is 1. The summed E-state index contributed by atoms with van der Waals surface area (Å²) in [6.45, 7) is 6.27. The second kappa shape index (κ2) is 4.40. The molecule has 0 amide bonds. The van der Waals surface area contributed by atoms with Crippen molar-refractivity contribution in [2.45, 2.75) is 38.8 Å². The highest BCUT2D eigenvalue weighted by Gasteiger charge is 2.45. The molecule has 0 aromatic rings. The van der Waals surface area contributed by atoms with Crippen LogP contribution < -0.4 is 0 Å². The molecule has 2 saturated heterocycles. The lowest BCUT2D eigenvalue weighted by molar-refractivity contribution is -0.295. The van der Waals surface area contributed by atoms with Crippen LogP contribution in [0, 0.1) is 5.92 Å². The Morgan fingerprint density at radius 3 is 2.76 bits per heavy atom. The highest BCUT2D eigenvalue weighted by molar-refractivity contribution is 5.85. The van der Waals surface area contributed by atoms with Gasteiger partial charge < -0.3 is 19.3 Å². The van der Waals surface area contributed by atoms with Gasteiger partial charge in [-0.3, -0.25) is 0 Å². The van der Waals surface area contributed by atoms with Crippen LogP contribution in [-0.4, -0.2) is 42.3 Å². The molecule has 0 bridgehead atoms. The summed E-state index contributed by atoms with van der Waals surface area (Å²) in [6.07, 6.45) is 1.51. The van der Waals surface area contributed by atoms with Gasteiger partial charge in [-0.2, -0.15) is 0 Å². The van der Waals surface area contributed by atoms with E-state index < -0.39 is 11.8 Å². The second-order valence-electron chi connectivity index (χ2n) is 4.98. The number of fused-ring (bicyclic) bond motifs is 1. The van der Waals surface area contributed by atoms with Gasteiger partial charge in [-0.15, -0.1) is 0 Å². The minimum Gasteiger partial charge on any atom is -0.478 e. The van der Waals surface area contributed by atoms with Crippen LogP contribution in [0.15, 0.2) is 11.6 Å². The van der Waals surface area contributed by atoms with Gasteiger partial charge in [0.15, 0.2) is 5.79 Å². The number of aliphatic carboxylic acids is 1. The Balaban J connectivity index is 2.11. The highest BCUT2D eigenvalue weighted by atomic mass is 16.7. The van der Waals surface area contributed by atoms with E-state index >= 15 is 0 Å². The average molecular weight is 242 g/mol.